The van der Waals surface area contributed by atoms with E-state index < -0.39 is 60.3 Å². The Hall–Kier alpha value is -4.24. The number of nitrogens with zero attached hydrogens (tertiary/aromatic N) is 4. The third-order valence-corrected chi connectivity index (χ3v) is 14.7. The summed E-state index contributed by atoms with van der Waals surface area (Å²) in [6.45, 7) is 18.3. The van der Waals surface area contributed by atoms with E-state index in [0.29, 0.717) is 104 Å². The first-order valence-electron chi connectivity index (χ1n) is 27.3. The molecule has 2 aliphatic heterocycles. The summed E-state index contributed by atoms with van der Waals surface area (Å²) >= 11 is 0. The summed E-state index contributed by atoms with van der Waals surface area (Å²) in [5.74, 6) is -2.70. The zero-order valence-electron chi connectivity index (χ0n) is 47.1. The molecule has 6 amide bonds. The predicted octanol–water partition coefficient (Wildman–Crippen LogP) is 3.26. The summed E-state index contributed by atoms with van der Waals surface area (Å²) in [6, 6.07) is 5.61. The van der Waals surface area contributed by atoms with E-state index in [4.69, 9.17) is 29.4 Å². The second-order valence-corrected chi connectivity index (χ2v) is 21.0. The highest BCUT2D eigenvalue weighted by molar-refractivity contribution is 5.93. The molecule has 2 saturated heterocycles. The molecule has 7 unspecified atom stereocenters. The summed E-state index contributed by atoms with van der Waals surface area (Å²) in [7, 11) is 8.50. The van der Waals surface area contributed by atoms with E-state index >= 15 is 0 Å². The Labute approximate surface area is 443 Å². The molecule has 19 nitrogen and oxygen atoms in total. The molecule has 0 aliphatic carbocycles. The molecule has 74 heavy (non-hydrogen) atoms. The van der Waals surface area contributed by atoms with Gasteiger partial charge in [0.15, 0.2) is 0 Å². The molecule has 5 N–H and O–H groups in total. The number of amides is 6. The number of nitrogens with one attached hydrogen (secondary N) is 3. The van der Waals surface area contributed by atoms with Crippen LogP contribution in [0.3, 0.4) is 0 Å². The predicted molar refractivity (Wildman–Crippen MR) is 286 cm³/mol. The van der Waals surface area contributed by atoms with Gasteiger partial charge in [-0.15, -0.1) is 0 Å². The molecule has 2 heterocycles. The molecule has 19 heteroatoms. The lowest BCUT2D eigenvalue weighted by atomic mass is 9.89. The van der Waals surface area contributed by atoms with Gasteiger partial charge in [0, 0.05) is 60.5 Å². The van der Waals surface area contributed by atoms with Gasteiger partial charge < -0.3 is 60.1 Å². The van der Waals surface area contributed by atoms with Gasteiger partial charge in [-0.3, -0.25) is 33.7 Å². The Balaban J connectivity index is 1.71. The fourth-order valence-corrected chi connectivity index (χ4v) is 10.5. The number of likely N-dealkylation sites (N-methyl/N-ethyl adjacent to an activating group) is 2. The van der Waals surface area contributed by atoms with Crippen molar-refractivity contribution in [2.75, 3.05) is 101 Å². The van der Waals surface area contributed by atoms with Crippen LogP contribution in [0.1, 0.15) is 105 Å². The van der Waals surface area contributed by atoms with Crippen molar-refractivity contribution in [1.82, 2.24) is 35.6 Å². The van der Waals surface area contributed by atoms with Gasteiger partial charge in [0.2, 0.25) is 35.4 Å². The van der Waals surface area contributed by atoms with Gasteiger partial charge in [0.05, 0.1) is 69.1 Å². The number of hydrogen-bond donors (Lipinski definition) is 4. The average Bonchev–Trinajstić information content (AvgIpc) is 4.07. The minimum absolute atomic E-state index is 0.0194. The van der Waals surface area contributed by atoms with E-state index in [0.717, 1.165) is 12.0 Å². The lowest BCUT2D eigenvalue weighted by molar-refractivity contribution is -0.148. The molecule has 0 spiro atoms. The quantitative estimate of drug-likeness (QED) is 0.0718. The molecule has 0 radical (unpaired) electrons. The SMILES string of the molecule is CCC(C)C(C(CC(=O)N1CCCC1C(OC)C(C)C(=O)N[C@@H](Cc1ccccc1)C(=O)N1CCC[C@@H]1C(=O)NCCCOCCOCCOCCCN)OC)N(C)C(=O)[C@@H](NC(=O)C(C(C)C)N(C)C)C(C)C. The third-order valence-electron chi connectivity index (χ3n) is 14.7. The van der Waals surface area contributed by atoms with Gasteiger partial charge in [0.1, 0.15) is 18.1 Å². The van der Waals surface area contributed by atoms with E-state index in [1.165, 1.54) is 7.11 Å². The van der Waals surface area contributed by atoms with E-state index in [1.54, 1.807) is 35.8 Å². The van der Waals surface area contributed by atoms with Crippen molar-refractivity contribution >= 4 is 35.4 Å². The molecular formula is C55H96N8O11. The van der Waals surface area contributed by atoms with Crippen molar-refractivity contribution in [2.24, 2.45) is 29.4 Å². The second-order valence-electron chi connectivity index (χ2n) is 21.0. The molecule has 1 aromatic rings. The first-order chi connectivity index (χ1) is 35.3. The molecule has 10 atom stereocenters. The van der Waals surface area contributed by atoms with Crippen LogP contribution in [0.4, 0.5) is 0 Å². The van der Waals surface area contributed by atoms with Crippen molar-refractivity contribution < 1.29 is 52.5 Å². The standard InChI is InChI=1S/C55H96N8O11/c1-13-39(6)49(61(10)55(69)47(37(2)3)59-53(67)48(38(4)5)60(8)9)45(70-11)36-46(64)62-27-17-23-43(62)50(71-12)40(7)51(65)58-42(35-41-21-15-14-16-22-41)54(68)63-28-18-24-44(63)52(66)57-26-20-30-73-32-34-74-33-31-72-29-19-25-56/h14-16,21-22,37-40,42-45,47-50H,13,17-20,23-36,56H2,1-12H3,(H,57,66)(H,58,65)(H,59,67)/t39?,40?,42-,43?,44+,45?,47-,48?,49?,50?/m0/s1. The fourth-order valence-electron chi connectivity index (χ4n) is 10.5. The Morgan fingerprint density at radius 3 is 1.93 bits per heavy atom. The van der Waals surface area contributed by atoms with Crippen LogP contribution < -0.4 is 21.7 Å². The topological polar surface area (TPSA) is 224 Å². The number of methoxy groups -OCH3 is 2. The van der Waals surface area contributed by atoms with Crippen LogP contribution in [0.5, 0.6) is 0 Å². The highest BCUT2D eigenvalue weighted by Gasteiger charge is 2.44. The van der Waals surface area contributed by atoms with E-state index in [1.807, 2.05) is 90.9 Å². The van der Waals surface area contributed by atoms with Crippen LogP contribution in [0, 0.1) is 23.7 Å². The van der Waals surface area contributed by atoms with Crippen molar-refractivity contribution in [3.8, 4) is 0 Å². The number of hydrogen-bond acceptors (Lipinski definition) is 13. The summed E-state index contributed by atoms with van der Waals surface area (Å²) in [5, 5.41) is 9.08. The van der Waals surface area contributed by atoms with Gasteiger partial charge in [-0.1, -0.05) is 85.2 Å². The number of ether oxygens (including phenoxy) is 5. The van der Waals surface area contributed by atoms with Gasteiger partial charge in [-0.25, -0.2) is 0 Å². The summed E-state index contributed by atoms with van der Waals surface area (Å²) in [5.41, 5.74) is 6.32. The first-order valence-corrected chi connectivity index (χ1v) is 27.3. The molecular weight excluding hydrogens is 949 g/mol. The molecule has 0 saturated carbocycles. The summed E-state index contributed by atoms with van der Waals surface area (Å²) in [4.78, 5) is 91.9. The van der Waals surface area contributed by atoms with Crippen molar-refractivity contribution in [3.05, 3.63) is 35.9 Å². The van der Waals surface area contributed by atoms with Crippen molar-refractivity contribution in [1.29, 1.82) is 0 Å². The van der Waals surface area contributed by atoms with Gasteiger partial charge in [-0.2, -0.15) is 0 Å². The fraction of sp³-hybridized carbons (Fsp3) is 0.782. The van der Waals surface area contributed by atoms with Crippen LogP contribution in [-0.2, 0) is 58.9 Å². The monoisotopic (exact) mass is 1040 g/mol. The van der Waals surface area contributed by atoms with Crippen LogP contribution in [0.25, 0.3) is 0 Å². The Morgan fingerprint density at radius 1 is 0.757 bits per heavy atom. The van der Waals surface area contributed by atoms with Crippen molar-refractivity contribution in [2.45, 2.75) is 155 Å². The largest absolute Gasteiger partial charge is 0.379 e. The Bertz CT molecular complexity index is 1830. The maximum Gasteiger partial charge on any atom is 0.246 e. The van der Waals surface area contributed by atoms with Crippen LogP contribution in [0.2, 0.25) is 0 Å². The molecule has 0 aromatic heterocycles. The number of carbonyl (C=O) groups excluding carboxylic acids is 6. The third kappa shape index (κ3) is 19.4. The molecule has 2 fully saturated rings. The van der Waals surface area contributed by atoms with Crippen LogP contribution in [-0.4, -0.2) is 205 Å². The molecule has 1 aromatic carbocycles. The van der Waals surface area contributed by atoms with Gasteiger partial charge in [0.25, 0.3) is 0 Å². The molecule has 422 valence electrons. The van der Waals surface area contributed by atoms with E-state index in [-0.39, 0.29) is 60.1 Å². The minimum Gasteiger partial charge on any atom is -0.379 e. The van der Waals surface area contributed by atoms with E-state index in [2.05, 4.69) is 16.0 Å². The number of likely N-dealkylation sites (tertiary alicyclic amines) is 2. The van der Waals surface area contributed by atoms with Crippen LogP contribution in [0.15, 0.2) is 30.3 Å². The normalized spacial score (nSPS) is 19.2. The smallest absolute Gasteiger partial charge is 0.246 e. The zero-order chi connectivity index (χ0) is 54.9. The minimum atomic E-state index is -0.972. The molecule has 0 bridgehead atoms. The average molecular weight is 1050 g/mol. The lowest BCUT2D eigenvalue weighted by Crippen LogP contribution is -2.59. The number of carbonyl (C=O) groups is 6. The number of rotatable bonds is 35. The van der Waals surface area contributed by atoms with Gasteiger partial charge in [-0.05, 0) is 82.5 Å². The number of benzene rings is 1. The van der Waals surface area contributed by atoms with Gasteiger partial charge >= 0.3 is 0 Å². The first kappa shape index (κ1) is 64.0. The Morgan fingerprint density at radius 2 is 1.36 bits per heavy atom. The maximum atomic E-state index is 14.6. The molecule has 3 rings (SSSR count). The highest BCUT2D eigenvalue weighted by atomic mass is 16.5. The second kappa shape index (κ2) is 33.7. The van der Waals surface area contributed by atoms with Crippen LogP contribution >= 0.6 is 0 Å². The van der Waals surface area contributed by atoms with Crippen molar-refractivity contribution in [3.63, 3.8) is 0 Å². The van der Waals surface area contributed by atoms with E-state index in [9.17, 15) is 28.8 Å². The number of nitrogens with two attached hydrogens (primary N) is 1. The lowest BCUT2D eigenvalue weighted by Gasteiger charge is -2.41. The molecule has 2 aliphatic rings. The Kier molecular flexibility index (Phi) is 29.2. The highest BCUT2D eigenvalue weighted by Crippen LogP contribution is 2.30. The maximum absolute atomic E-state index is 14.6. The zero-order valence-corrected chi connectivity index (χ0v) is 47.1. The summed E-state index contributed by atoms with van der Waals surface area (Å²) < 4.78 is 28.8. The summed E-state index contributed by atoms with van der Waals surface area (Å²) in [6.07, 6.45) is 3.33.